The second-order valence-electron chi connectivity index (χ2n) is 11.0. The van der Waals surface area contributed by atoms with Gasteiger partial charge in [0.2, 0.25) is 5.91 Å². The Morgan fingerprint density at radius 3 is 2.67 bits per heavy atom. The second kappa shape index (κ2) is 11.3. The molecule has 1 aromatic heterocycles. The number of allylic oxidation sites excluding steroid dienone is 1. The summed E-state index contributed by atoms with van der Waals surface area (Å²) in [4.78, 5) is 31.1. The number of phenols is 1. The zero-order valence-corrected chi connectivity index (χ0v) is 23.4. The maximum Gasteiger partial charge on any atom is 0.318 e. The second-order valence-corrected chi connectivity index (χ2v) is 11.0. The number of nitrogens with zero attached hydrogens (tertiary/aromatic N) is 6. The molecule has 9 heteroatoms. The zero-order chi connectivity index (χ0) is 27.6. The first kappa shape index (κ1) is 26.4. The number of hydrogen-bond acceptors (Lipinski definition) is 8. The fourth-order valence-electron chi connectivity index (χ4n) is 6.20. The van der Waals surface area contributed by atoms with Gasteiger partial charge in [-0.15, -0.1) is 0 Å². The zero-order valence-electron chi connectivity index (χ0n) is 23.4. The van der Waals surface area contributed by atoms with Crippen molar-refractivity contribution in [1.82, 2.24) is 19.8 Å². The largest absolute Gasteiger partial charge is 0.508 e. The molecule has 40 heavy (non-hydrogen) atoms. The first-order valence-corrected chi connectivity index (χ1v) is 14.4. The highest BCUT2D eigenvalue weighted by Gasteiger charge is 2.30. The molecule has 0 aliphatic carbocycles. The maximum atomic E-state index is 12.4. The van der Waals surface area contributed by atoms with Gasteiger partial charge in [0.1, 0.15) is 18.2 Å². The van der Waals surface area contributed by atoms with Gasteiger partial charge in [0.25, 0.3) is 0 Å². The first-order valence-electron chi connectivity index (χ1n) is 14.4. The summed E-state index contributed by atoms with van der Waals surface area (Å²) in [5, 5.41) is 12.6. The van der Waals surface area contributed by atoms with Gasteiger partial charge in [-0.1, -0.05) is 30.3 Å². The van der Waals surface area contributed by atoms with Crippen molar-refractivity contribution in [2.75, 3.05) is 62.7 Å². The number of rotatable bonds is 6. The van der Waals surface area contributed by atoms with E-state index in [0.717, 1.165) is 72.6 Å². The highest BCUT2D eigenvalue weighted by Crippen LogP contribution is 2.36. The third-order valence-electron chi connectivity index (χ3n) is 8.46. The summed E-state index contributed by atoms with van der Waals surface area (Å²) < 4.78 is 6.26. The molecule has 1 unspecified atom stereocenters. The van der Waals surface area contributed by atoms with Crippen LogP contribution in [0.3, 0.4) is 0 Å². The van der Waals surface area contributed by atoms with E-state index in [2.05, 4.69) is 27.8 Å². The van der Waals surface area contributed by atoms with E-state index in [9.17, 15) is 9.90 Å². The number of piperazine rings is 1. The smallest absolute Gasteiger partial charge is 0.318 e. The summed E-state index contributed by atoms with van der Waals surface area (Å²) in [5.41, 5.74) is 3.12. The lowest BCUT2D eigenvalue weighted by Crippen LogP contribution is -2.49. The number of likely N-dealkylation sites (N-methyl/N-ethyl adjacent to an activating group) is 1. The molecule has 3 aliphatic rings. The van der Waals surface area contributed by atoms with Gasteiger partial charge in [-0.2, -0.15) is 9.97 Å². The molecular weight excluding hydrogens is 504 g/mol. The van der Waals surface area contributed by atoms with Gasteiger partial charge < -0.3 is 29.4 Å². The van der Waals surface area contributed by atoms with Crippen LogP contribution in [0.2, 0.25) is 0 Å². The summed E-state index contributed by atoms with van der Waals surface area (Å²) in [5.74, 6) is 1.25. The molecule has 4 heterocycles. The minimum atomic E-state index is 0.0607. The number of aromatic hydroxyl groups is 1. The highest BCUT2D eigenvalue weighted by atomic mass is 16.5. The Balaban J connectivity index is 1.30. The lowest BCUT2D eigenvalue weighted by molar-refractivity contribution is -0.126. The van der Waals surface area contributed by atoms with Crippen LogP contribution in [0.15, 0.2) is 48.6 Å². The predicted molar refractivity (Wildman–Crippen MR) is 157 cm³/mol. The van der Waals surface area contributed by atoms with E-state index in [4.69, 9.17) is 14.7 Å². The van der Waals surface area contributed by atoms with Crippen molar-refractivity contribution in [2.24, 2.45) is 0 Å². The van der Waals surface area contributed by atoms with Crippen LogP contribution in [0.1, 0.15) is 31.0 Å². The van der Waals surface area contributed by atoms with Gasteiger partial charge in [-0.05, 0) is 57.3 Å². The summed E-state index contributed by atoms with van der Waals surface area (Å²) in [6.07, 6.45) is 6.52. The number of carbonyl (C=O) groups is 1. The third kappa shape index (κ3) is 5.30. The van der Waals surface area contributed by atoms with Gasteiger partial charge >= 0.3 is 6.01 Å². The van der Waals surface area contributed by atoms with Gasteiger partial charge in [0.05, 0.1) is 12.2 Å². The molecule has 0 radical (unpaired) electrons. The molecule has 0 spiro atoms. The number of ether oxygens (including phenoxy) is 1. The van der Waals surface area contributed by atoms with E-state index in [1.165, 1.54) is 6.42 Å². The Morgan fingerprint density at radius 1 is 1.07 bits per heavy atom. The number of benzene rings is 2. The van der Waals surface area contributed by atoms with Crippen LogP contribution in [0.25, 0.3) is 10.8 Å². The molecule has 1 atom stereocenters. The number of anilines is 2. The van der Waals surface area contributed by atoms with Crippen LogP contribution in [0, 0.1) is 0 Å². The quantitative estimate of drug-likeness (QED) is 0.473. The Labute approximate surface area is 235 Å². The monoisotopic (exact) mass is 542 g/mol. The lowest BCUT2D eigenvalue weighted by atomic mass is 10.0. The summed E-state index contributed by atoms with van der Waals surface area (Å²) in [7, 11) is 2.14. The maximum absolute atomic E-state index is 12.4. The Kier molecular flexibility index (Phi) is 7.47. The van der Waals surface area contributed by atoms with E-state index in [1.807, 2.05) is 42.2 Å². The molecule has 2 aromatic carbocycles. The summed E-state index contributed by atoms with van der Waals surface area (Å²) in [6.45, 7) is 7.70. The van der Waals surface area contributed by atoms with E-state index in [1.54, 1.807) is 12.2 Å². The number of hydrogen-bond donors (Lipinski definition) is 1. The van der Waals surface area contributed by atoms with Crippen LogP contribution in [-0.2, 0) is 17.8 Å². The minimum Gasteiger partial charge on any atom is -0.508 e. The number of fused-ring (bicyclic) bond motifs is 2. The molecule has 1 amide bonds. The van der Waals surface area contributed by atoms with Crippen LogP contribution in [0.4, 0.5) is 11.5 Å². The fraction of sp³-hybridized carbons (Fsp3) is 0.452. The fourth-order valence-corrected chi connectivity index (χ4v) is 6.20. The third-order valence-corrected chi connectivity index (χ3v) is 8.46. The standard InChI is InChI=1S/C31H38N6O3/c1-3-7-29(39)35-14-16-36(17-15-35)30-26-11-13-37(28-19-24(38)18-22-8-4-5-10-25(22)28)20-27(26)32-31(33-30)40-21-23-9-6-12-34(23)2/h3-5,7-8,10,18-19,23,38H,6,9,11-17,20-21H2,1-2H3. The molecule has 3 aliphatic heterocycles. The van der Waals surface area contributed by atoms with Crippen LogP contribution in [0.5, 0.6) is 11.8 Å². The highest BCUT2D eigenvalue weighted by molar-refractivity contribution is 5.95. The molecule has 9 nitrogen and oxygen atoms in total. The van der Waals surface area contributed by atoms with Crippen LogP contribution < -0.4 is 14.5 Å². The number of phenolic OH excluding ortho intramolecular Hbond substituents is 1. The molecule has 0 saturated carbocycles. The Hall–Kier alpha value is -3.85. The van der Waals surface area contributed by atoms with E-state index in [0.29, 0.717) is 38.3 Å². The Morgan fingerprint density at radius 2 is 1.90 bits per heavy atom. The molecule has 2 saturated heterocycles. The first-order chi connectivity index (χ1) is 19.5. The van der Waals surface area contributed by atoms with Crippen molar-refractivity contribution >= 4 is 28.2 Å². The van der Waals surface area contributed by atoms with Crippen LogP contribution >= 0.6 is 0 Å². The van der Waals surface area contributed by atoms with Crippen LogP contribution in [-0.4, -0.2) is 89.7 Å². The van der Waals surface area contributed by atoms with Gasteiger partial charge in [0, 0.05) is 61.5 Å². The molecule has 0 bridgehead atoms. The molecule has 210 valence electrons. The number of likely N-dealkylation sites (tertiary alicyclic amines) is 1. The normalized spacial score (nSPS) is 19.9. The molecule has 3 aromatic rings. The molecule has 6 rings (SSSR count). The summed E-state index contributed by atoms with van der Waals surface area (Å²) in [6, 6.07) is 12.6. The van der Waals surface area contributed by atoms with Crippen molar-refractivity contribution in [3.8, 4) is 11.8 Å². The van der Waals surface area contributed by atoms with Gasteiger partial charge in [-0.25, -0.2) is 0 Å². The van der Waals surface area contributed by atoms with E-state index in [-0.39, 0.29) is 11.7 Å². The minimum absolute atomic E-state index is 0.0607. The van der Waals surface area contributed by atoms with Gasteiger partial charge in [0.15, 0.2) is 0 Å². The number of carbonyl (C=O) groups excluding carboxylic acids is 1. The Bertz CT molecular complexity index is 1420. The van der Waals surface area contributed by atoms with E-state index < -0.39 is 0 Å². The average molecular weight is 543 g/mol. The molecular formula is C31H38N6O3. The summed E-state index contributed by atoms with van der Waals surface area (Å²) >= 11 is 0. The number of aromatic nitrogens is 2. The van der Waals surface area contributed by atoms with Crippen molar-refractivity contribution in [2.45, 2.75) is 38.8 Å². The van der Waals surface area contributed by atoms with Crippen molar-refractivity contribution in [3.05, 3.63) is 59.8 Å². The van der Waals surface area contributed by atoms with Gasteiger partial charge in [-0.3, -0.25) is 4.79 Å². The van der Waals surface area contributed by atoms with Crippen molar-refractivity contribution < 1.29 is 14.6 Å². The molecule has 2 fully saturated rings. The van der Waals surface area contributed by atoms with Crippen molar-refractivity contribution in [1.29, 1.82) is 0 Å². The predicted octanol–water partition coefficient (Wildman–Crippen LogP) is 3.60. The SMILES string of the molecule is CC=CC(=O)N1CCN(c2nc(OCC3CCCN3C)nc3c2CCN(c2cc(O)cc4ccccc24)C3)CC1. The number of amides is 1. The van der Waals surface area contributed by atoms with E-state index >= 15 is 0 Å². The lowest BCUT2D eigenvalue weighted by Gasteiger charge is -2.38. The average Bonchev–Trinajstić information content (AvgIpc) is 3.39. The van der Waals surface area contributed by atoms with Crippen molar-refractivity contribution in [3.63, 3.8) is 0 Å². The topological polar surface area (TPSA) is 85.3 Å². The molecule has 1 N–H and O–H groups in total.